The lowest BCUT2D eigenvalue weighted by molar-refractivity contribution is -0.115. The van der Waals surface area contributed by atoms with Crippen LogP contribution in [-0.4, -0.2) is 26.0 Å². The monoisotopic (exact) mass is 369 g/mol. The molecule has 2 aromatic heterocycles. The quantitative estimate of drug-likeness (QED) is 0.530. The van der Waals surface area contributed by atoms with Crippen LogP contribution in [0.1, 0.15) is 24.5 Å². The van der Waals surface area contributed by atoms with Gasteiger partial charge in [-0.15, -0.1) is 10.2 Å². The van der Waals surface area contributed by atoms with Gasteiger partial charge in [-0.25, -0.2) is 4.68 Å². The number of nitrogens with zero attached hydrogens (tertiary/aromatic N) is 3. The Morgan fingerprint density at radius 2 is 2.15 bits per heavy atom. The Balaban J connectivity index is 1.43. The minimum Gasteiger partial charge on any atom is -0.461 e. The van der Waals surface area contributed by atoms with Crippen LogP contribution >= 0.6 is 11.8 Å². The first-order valence-corrected chi connectivity index (χ1v) is 9.33. The van der Waals surface area contributed by atoms with Crippen LogP contribution in [0.2, 0.25) is 0 Å². The zero-order valence-electron chi connectivity index (χ0n) is 14.3. The van der Waals surface area contributed by atoms with Crippen LogP contribution < -0.4 is 11.2 Å². The molecule has 1 amide bonds. The van der Waals surface area contributed by atoms with Crippen molar-refractivity contribution in [3.63, 3.8) is 0 Å². The molecule has 1 atom stereocenters. The lowest BCUT2D eigenvalue weighted by Gasteiger charge is -2.12. The summed E-state index contributed by atoms with van der Waals surface area (Å²) in [6, 6.07) is 9.63. The molecular formula is C18H19N5O2S. The van der Waals surface area contributed by atoms with Crippen molar-refractivity contribution < 1.29 is 9.21 Å². The van der Waals surface area contributed by atoms with Crippen LogP contribution in [0.3, 0.4) is 0 Å². The van der Waals surface area contributed by atoms with Gasteiger partial charge in [-0.2, -0.15) is 0 Å². The molecule has 0 saturated heterocycles. The molecule has 8 heteroatoms. The van der Waals surface area contributed by atoms with E-state index in [1.54, 1.807) is 18.4 Å². The molecule has 3 N–H and O–H groups in total. The Kier molecular flexibility index (Phi) is 4.42. The van der Waals surface area contributed by atoms with Crippen LogP contribution in [-0.2, 0) is 17.6 Å². The summed E-state index contributed by atoms with van der Waals surface area (Å²) in [4.78, 5) is 12.5. The minimum atomic E-state index is -0.376. The molecule has 0 aliphatic heterocycles. The standard InChI is InChI=1S/C18H19N5O2S/c1-11(17(24)20-14-8-7-12-4-2-5-13(12)10-14)26-18-22-21-16(23(18)19)15-6-3-9-25-15/h3,6-11H,2,4-5,19H2,1H3,(H,20,24)/t11-/m0/s1. The summed E-state index contributed by atoms with van der Waals surface area (Å²) in [7, 11) is 0. The fourth-order valence-corrected chi connectivity index (χ4v) is 3.81. The van der Waals surface area contributed by atoms with E-state index in [0.29, 0.717) is 16.7 Å². The Morgan fingerprint density at radius 1 is 1.31 bits per heavy atom. The summed E-state index contributed by atoms with van der Waals surface area (Å²) in [5, 5.41) is 11.1. The summed E-state index contributed by atoms with van der Waals surface area (Å²) in [5.41, 5.74) is 3.54. The second-order valence-corrected chi connectivity index (χ2v) is 7.55. The first-order chi connectivity index (χ1) is 12.6. The molecule has 1 aliphatic rings. The Morgan fingerprint density at radius 3 is 2.96 bits per heavy atom. The molecule has 0 radical (unpaired) electrons. The van der Waals surface area contributed by atoms with Crippen molar-refractivity contribution in [1.29, 1.82) is 0 Å². The van der Waals surface area contributed by atoms with Crippen molar-refractivity contribution in [2.75, 3.05) is 11.2 Å². The number of rotatable bonds is 5. The third kappa shape index (κ3) is 3.20. The van der Waals surface area contributed by atoms with Crippen molar-refractivity contribution in [3.05, 3.63) is 47.7 Å². The van der Waals surface area contributed by atoms with Gasteiger partial charge in [0.15, 0.2) is 5.76 Å². The van der Waals surface area contributed by atoms with E-state index in [1.807, 2.05) is 13.0 Å². The van der Waals surface area contributed by atoms with Gasteiger partial charge in [0.25, 0.3) is 0 Å². The van der Waals surface area contributed by atoms with E-state index >= 15 is 0 Å². The fraction of sp³-hybridized carbons (Fsp3) is 0.278. The van der Waals surface area contributed by atoms with Gasteiger partial charge in [-0.05, 0) is 61.6 Å². The van der Waals surface area contributed by atoms with Crippen molar-refractivity contribution in [2.24, 2.45) is 0 Å². The van der Waals surface area contributed by atoms with E-state index in [1.165, 1.54) is 34.0 Å². The molecule has 0 spiro atoms. The van der Waals surface area contributed by atoms with Gasteiger partial charge in [0, 0.05) is 5.69 Å². The number of thioether (sulfide) groups is 1. The molecular weight excluding hydrogens is 350 g/mol. The van der Waals surface area contributed by atoms with Crippen molar-refractivity contribution in [2.45, 2.75) is 36.6 Å². The SMILES string of the molecule is C[C@H](Sc1nnc(-c2ccco2)n1N)C(=O)Nc1ccc2c(c1)CCC2. The molecule has 1 aromatic carbocycles. The van der Waals surface area contributed by atoms with Crippen LogP contribution in [0, 0.1) is 0 Å². The smallest absolute Gasteiger partial charge is 0.237 e. The third-order valence-electron chi connectivity index (χ3n) is 4.42. The second kappa shape index (κ2) is 6.87. The lowest BCUT2D eigenvalue weighted by atomic mass is 10.1. The number of nitrogens with two attached hydrogens (primary N) is 1. The van der Waals surface area contributed by atoms with E-state index in [4.69, 9.17) is 10.3 Å². The summed E-state index contributed by atoms with van der Waals surface area (Å²) in [5.74, 6) is 6.88. The fourth-order valence-electron chi connectivity index (χ4n) is 3.04. The van der Waals surface area contributed by atoms with E-state index in [0.717, 1.165) is 18.5 Å². The van der Waals surface area contributed by atoms with E-state index in [-0.39, 0.29) is 11.2 Å². The van der Waals surface area contributed by atoms with Gasteiger partial charge < -0.3 is 15.6 Å². The Bertz CT molecular complexity index is 935. The summed E-state index contributed by atoms with van der Waals surface area (Å²) < 4.78 is 6.63. The molecule has 7 nitrogen and oxygen atoms in total. The first-order valence-electron chi connectivity index (χ1n) is 8.45. The van der Waals surface area contributed by atoms with Crippen LogP contribution in [0.15, 0.2) is 46.2 Å². The average molecular weight is 369 g/mol. The van der Waals surface area contributed by atoms with Crippen LogP contribution in [0.25, 0.3) is 11.6 Å². The van der Waals surface area contributed by atoms with E-state index < -0.39 is 0 Å². The van der Waals surface area contributed by atoms with Crippen LogP contribution in [0.5, 0.6) is 0 Å². The minimum absolute atomic E-state index is 0.101. The van der Waals surface area contributed by atoms with Crippen molar-refractivity contribution in [3.8, 4) is 11.6 Å². The van der Waals surface area contributed by atoms with Crippen molar-refractivity contribution >= 4 is 23.4 Å². The zero-order valence-corrected chi connectivity index (χ0v) is 15.1. The number of nitrogen functional groups attached to an aromatic ring is 1. The number of benzene rings is 1. The van der Waals surface area contributed by atoms with Gasteiger partial charge in [-0.3, -0.25) is 4.79 Å². The molecule has 0 unspecified atom stereocenters. The number of aromatic nitrogens is 3. The molecule has 26 heavy (non-hydrogen) atoms. The molecule has 3 aromatic rings. The maximum atomic E-state index is 12.5. The molecule has 2 heterocycles. The highest BCUT2D eigenvalue weighted by Gasteiger charge is 2.21. The topological polar surface area (TPSA) is 99.0 Å². The lowest BCUT2D eigenvalue weighted by Crippen LogP contribution is -2.23. The average Bonchev–Trinajstić information content (AvgIpc) is 3.36. The number of hydrogen-bond donors (Lipinski definition) is 2. The molecule has 1 aliphatic carbocycles. The highest BCUT2D eigenvalue weighted by atomic mass is 32.2. The first kappa shape index (κ1) is 16.7. The maximum Gasteiger partial charge on any atom is 0.237 e. The van der Waals surface area contributed by atoms with Gasteiger partial charge >= 0.3 is 0 Å². The number of hydrogen-bond acceptors (Lipinski definition) is 6. The number of anilines is 1. The molecule has 4 rings (SSSR count). The van der Waals surface area contributed by atoms with Crippen LogP contribution in [0.4, 0.5) is 5.69 Å². The van der Waals surface area contributed by atoms with E-state index in [9.17, 15) is 4.79 Å². The van der Waals surface area contributed by atoms with Gasteiger partial charge in [-0.1, -0.05) is 17.8 Å². The normalized spacial score (nSPS) is 14.2. The molecule has 134 valence electrons. The van der Waals surface area contributed by atoms with Gasteiger partial charge in [0.1, 0.15) is 0 Å². The summed E-state index contributed by atoms with van der Waals surface area (Å²) >= 11 is 1.25. The highest BCUT2D eigenvalue weighted by molar-refractivity contribution is 8.00. The zero-order chi connectivity index (χ0) is 18.1. The van der Waals surface area contributed by atoms with E-state index in [2.05, 4.69) is 27.6 Å². The molecule has 0 bridgehead atoms. The number of amides is 1. The van der Waals surface area contributed by atoms with Gasteiger partial charge in [0.2, 0.25) is 16.9 Å². The number of furan rings is 1. The van der Waals surface area contributed by atoms with Crippen molar-refractivity contribution in [1.82, 2.24) is 14.9 Å². The highest BCUT2D eigenvalue weighted by Crippen LogP contribution is 2.27. The Labute approximate surface area is 154 Å². The molecule has 0 fully saturated rings. The number of nitrogens with one attached hydrogen (secondary N) is 1. The predicted octanol–water partition coefficient (Wildman–Crippen LogP) is 2.86. The number of fused-ring (bicyclic) bond motifs is 1. The summed E-state index contributed by atoms with van der Waals surface area (Å²) in [6.07, 6.45) is 4.93. The third-order valence-corrected chi connectivity index (χ3v) is 5.48. The summed E-state index contributed by atoms with van der Waals surface area (Å²) in [6.45, 7) is 1.81. The number of carbonyl (C=O) groups excluding carboxylic acids is 1. The number of aryl methyl sites for hydroxylation is 2. The number of carbonyl (C=O) groups is 1. The second-order valence-electron chi connectivity index (χ2n) is 6.24. The largest absolute Gasteiger partial charge is 0.461 e. The van der Waals surface area contributed by atoms with Gasteiger partial charge in [0.05, 0.1) is 11.5 Å². The molecule has 0 saturated carbocycles. The predicted molar refractivity (Wildman–Crippen MR) is 100 cm³/mol. The maximum absolute atomic E-state index is 12.5. The Hall–Kier alpha value is -2.74.